The maximum atomic E-state index is 12.3. The Morgan fingerprint density at radius 2 is 1.83 bits per heavy atom. The summed E-state index contributed by atoms with van der Waals surface area (Å²) in [6.07, 6.45) is 1.23. The van der Waals surface area contributed by atoms with E-state index in [0.717, 1.165) is 17.3 Å². The summed E-state index contributed by atoms with van der Waals surface area (Å²) < 4.78 is 6.30. The Balaban J connectivity index is 1.66. The first kappa shape index (κ1) is 16.7. The lowest BCUT2D eigenvalue weighted by Crippen LogP contribution is -2.27. The van der Waals surface area contributed by atoms with Crippen LogP contribution in [0.1, 0.15) is 23.2 Å². The third-order valence-corrected chi connectivity index (χ3v) is 4.25. The van der Waals surface area contributed by atoms with E-state index in [1.165, 1.54) is 0 Å². The van der Waals surface area contributed by atoms with E-state index in [-0.39, 0.29) is 11.8 Å². The predicted octanol–water partition coefficient (Wildman–Crippen LogP) is 3.82. The lowest BCUT2D eigenvalue weighted by molar-refractivity contribution is -0.124. The van der Waals surface area contributed by atoms with Gasteiger partial charge in [-0.2, -0.15) is 0 Å². The molecule has 0 aliphatic carbocycles. The third-order valence-electron chi connectivity index (χ3n) is 3.72. The van der Waals surface area contributed by atoms with Crippen LogP contribution in [-0.2, 0) is 9.53 Å². The first-order valence-electron chi connectivity index (χ1n) is 7.71. The van der Waals surface area contributed by atoms with Gasteiger partial charge in [0.25, 0.3) is 11.8 Å². The summed E-state index contributed by atoms with van der Waals surface area (Å²) in [5.41, 5.74) is 1.76. The number of halogens is 1. The van der Waals surface area contributed by atoms with E-state index in [1.807, 2.05) is 24.3 Å². The number of benzene rings is 2. The largest absolute Gasteiger partial charge is 0.368 e. The van der Waals surface area contributed by atoms with Gasteiger partial charge in [-0.15, -0.1) is 0 Å². The summed E-state index contributed by atoms with van der Waals surface area (Å²) in [5.74, 6) is -0.400. The van der Waals surface area contributed by atoms with E-state index < -0.39 is 6.10 Å². The zero-order valence-electron chi connectivity index (χ0n) is 12.9. The Kier molecular flexibility index (Phi) is 5.27. The Morgan fingerprint density at radius 3 is 2.54 bits per heavy atom. The molecule has 6 heteroatoms. The number of hydrogen-bond acceptors (Lipinski definition) is 3. The second-order valence-electron chi connectivity index (χ2n) is 5.53. The van der Waals surface area contributed by atoms with Crippen LogP contribution >= 0.6 is 15.9 Å². The molecule has 0 bridgehead atoms. The van der Waals surface area contributed by atoms with E-state index in [0.29, 0.717) is 23.5 Å². The first-order valence-corrected chi connectivity index (χ1v) is 8.50. The van der Waals surface area contributed by atoms with Crippen molar-refractivity contribution in [3.05, 3.63) is 58.6 Å². The number of hydrogen-bond donors (Lipinski definition) is 2. The molecule has 0 saturated carbocycles. The molecule has 1 aliphatic rings. The second kappa shape index (κ2) is 7.59. The third kappa shape index (κ3) is 4.21. The standard InChI is InChI=1S/C18H17BrN2O3/c19-13-6-8-14(9-7-13)20-17(22)12-3-1-4-15(11-12)21-18(23)16-5-2-10-24-16/h1,3-4,6-9,11,16H,2,5,10H2,(H,20,22)(H,21,23)/t16-/m0/s1. The Morgan fingerprint density at radius 1 is 1.04 bits per heavy atom. The van der Waals surface area contributed by atoms with Crippen LogP contribution in [-0.4, -0.2) is 24.5 Å². The van der Waals surface area contributed by atoms with Crippen molar-refractivity contribution in [3.63, 3.8) is 0 Å². The van der Waals surface area contributed by atoms with Crippen LogP contribution in [0.25, 0.3) is 0 Å². The van der Waals surface area contributed by atoms with Crippen molar-refractivity contribution in [3.8, 4) is 0 Å². The molecule has 1 atom stereocenters. The van der Waals surface area contributed by atoms with Gasteiger partial charge in [0.2, 0.25) is 0 Å². The van der Waals surface area contributed by atoms with Crippen molar-refractivity contribution in [1.29, 1.82) is 0 Å². The summed E-state index contributed by atoms with van der Waals surface area (Å²) in [6.45, 7) is 0.619. The maximum absolute atomic E-state index is 12.3. The lowest BCUT2D eigenvalue weighted by atomic mass is 10.1. The molecular formula is C18H17BrN2O3. The molecule has 5 nitrogen and oxygen atoms in total. The molecule has 24 heavy (non-hydrogen) atoms. The van der Waals surface area contributed by atoms with Gasteiger partial charge in [0.15, 0.2) is 0 Å². The molecule has 2 aromatic carbocycles. The van der Waals surface area contributed by atoms with Crippen LogP contribution in [0, 0.1) is 0 Å². The second-order valence-corrected chi connectivity index (χ2v) is 6.45. The van der Waals surface area contributed by atoms with Crippen LogP contribution in [0.15, 0.2) is 53.0 Å². The monoisotopic (exact) mass is 388 g/mol. The summed E-state index contributed by atoms with van der Waals surface area (Å²) in [6, 6.07) is 14.2. The van der Waals surface area contributed by atoms with Gasteiger partial charge in [0, 0.05) is 28.0 Å². The molecule has 2 amide bonds. The number of amides is 2. The van der Waals surface area contributed by atoms with Crippen LogP contribution in [0.5, 0.6) is 0 Å². The Labute approximate surface area is 148 Å². The molecule has 2 N–H and O–H groups in total. The van der Waals surface area contributed by atoms with Crippen LogP contribution in [0.2, 0.25) is 0 Å². The molecule has 1 aliphatic heterocycles. The average molecular weight is 389 g/mol. The minimum absolute atomic E-state index is 0.169. The SMILES string of the molecule is O=C(Nc1ccc(Br)cc1)c1cccc(NC(=O)[C@@H]2CCCO2)c1. The molecule has 0 spiro atoms. The minimum atomic E-state index is -0.398. The Bertz CT molecular complexity index is 740. The molecule has 0 unspecified atom stereocenters. The van der Waals surface area contributed by atoms with E-state index in [9.17, 15) is 9.59 Å². The average Bonchev–Trinajstić information content (AvgIpc) is 3.12. The van der Waals surface area contributed by atoms with E-state index >= 15 is 0 Å². The molecule has 124 valence electrons. The molecular weight excluding hydrogens is 372 g/mol. The fraction of sp³-hybridized carbons (Fsp3) is 0.222. The van der Waals surface area contributed by atoms with Crippen molar-refractivity contribution in [2.45, 2.75) is 18.9 Å². The van der Waals surface area contributed by atoms with Crippen LogP contribution < -0.4 is 10.6 Å². The van der Waals surface area contributed by atoms with Gasteiger partial charge in [-0.05, 0) is 55.3 Å². The van der Waals surface area contributed by atoms with Crippen molar-refractivity contribution in [2.75, 3.05) is 17.2 Å². The summed E-state index contributed by atoms with van der Waals surface area (Å²) >= 11 is 3.35. The lowest BCUT2D eigenvalue weighted by Gasteiger charge is -2.11. The van der Waals surface area contributed by atoms with Gasteiger partial charge in [0.1, 0.15) is 6.10 Å². The van der Waals surface area contributed by atoms with E-state index in [4.69, 9.17) is 4.74 Å². The fourth-order valence-electron chi connectivity index (χ4n) is 2.48. The highest BCUT2D eigenvalue weighted by molar-refractivity contribution is 9.10. The maximum Gasteiger partial charge on any atom is 0.255 e. The number of carbonyl (C=O) groups is 2. The summed E-state index contributed by atoms with van der Waals surface area (Å²) in [4.78, 5) is 24.4. The molecule has 3 rings (SSSR count). The van der Waals surface area contributed by atoms with Gasteiger partial charge in [-0.25, -0.2) is 0 Å². The number of nitrogens with one attached hydrogen (secondary N) is 2. The van der Waals surface area contributed by atoms with E-state index in [2.05, 4.69) is 26.6 Å². The zero-order valence-corrected chi connectivity index (χ0v) is 14.5. The van der Waals surface area contributed by atoms with Gasteiger partial charge in [-0.3, -0.25) is 9.59 Å². The first-order chi connectivity index (χ1) is 11.6. The summed E-state index contributed by atoms with van der Waals surface area (Å²) in [5, 5.41) is 5.62. The van der Waals surface area contributed by atoms with Crippen LogP contribution in [0.3, 0.4) is 0 Å². The topological polar surface area (TPSA) is 67.4 Å². The highest BCUT2D eigenvalue weighted by atomic mass is 79.9. The predicted molar refractivity (Wildman–Crippen MR) is 96.1 cm³/mol. The molecule has 2 aromatic rings. The zero-order chi connectivity index (χ0) is 16.9. The van der Waals surface area contributed by atoms with Crippen molar-refractivity contribution in [2.24, 2.45) is 0 Å². The normalized spacial score (nSPS) is 16.6. The summed E-state index contributed by atoms with van der Waals surface area (Å²) in [7, 11) is 0. The quantitative estimate of drug-likeness (QED) is 0.836. The minimum Gasteiger partial charge on any atom is -0.368 e. The molecule has 1 saturated heterocycles. The van der Waals surface area contributed by atoms with Gasteiger partial charge in [0.05, 0.1) is 0 Å². The fourth-order valence-corrected chi connectivity index (χ4v) is 2.75. The van der Waals surface area contributed by atoms with Crippen molar-refractivity contribution >= 4 is 39.1 Å². The molecule has 1 heterocycles. The van der Waals surface area contributed by atoms with E-state index in [1.54, 1.807) is 24.3 Å². The van der Waals surface area contributed by atoms with Gasteiger partial charge >= 0.3 is 0 Å². The van der Waals surface area contributed by atoms with Gasteiger partial charge < -0.3 is 15.4 Å². The highest BCUT2D eigenvalue weighted by Gasteiger charge is 2.23. The number of rotatable bonds is 4. The smallest absolute Gasteiger partial charge is 0.255 e. The molecule has 0 radical (unpaired) electrons. The number of anilines is 2. The molecule has 1 fully saturated rings. The highest BCUT2D eigenvalue weighted by Crippen LogP contribution is 2.18. The van der Waals surface area contributed by atoms with Crippen LogP contribution in [0.4, 0.5) is 11.4 Å². The van der Waals surface area contributed by atoms with Crippen molar-refractivity contribution < 1.29 is 14.3 Å². The number of ether oxygens (including phenoxy) is 1. The Hall–Kier alpha value is -2.18. The van der Waals surface area contributed by atoms with Crippen molar-refractivity contribution in [1.82, 2.24) is 0 Å². The number of carbonyl (C=O) groups excluding carboxylic acids is 2. The molecule has 0 aromatic heterocycles. The van der Waals surface area contributed by atoms with Gasteiger partial charge in [-0.1, -0.05) is 22.0 Å².